The predicted molar refractivity (Wildman–Crippen MR) is 48.4 cm³/mol. The Morgan fingerprint density at radius 2 is 1.93 bits per heavy atom. The predicted octanol–water partition coefficient (Wildman–Crippen LogP) is -0.877. The van der Waals surface area contributed by atoms with E-state index < -0.39 is 15.2 Å². The SMILES string of the molecule is O=C(CCN1CCOCC1)S(=O)(=O)O. The van der Waals surface area contributed by atoms with Crippen LogP contribution in [0.3, 0.4) is 0 Å². The first kappa shape index (κ1) is 11.6. The molecule has 0 aliphatic carbocycles. The van der Waals surface area contributed by atoms with Crippen molar-refractivity contribution in [1.29, 1.82) is 0 Å². The fraction of sp³-hybridized carbons (Fsp3) is 0.857. The molecular formula is C7H13NO5S. The maximum atomic E-state index is 10.8. The highest BCUT2D eigenvalue weighted by molar-refractivity contribution is 8.01. The monoisotopic (exact) mass is 223 g/mol. The van der Waals surface area contributed by atoms with Crippen LogP contribution in [-0.4, -0.2) is 55.8 Å². The van der Waals surface area contributed by atoms with Gasteiger partial charge in [0, 0.05) is 26.1 Å². The molecule has 1 aliphatic heterocycles. The maximum absolute atomic E-state index is 10.8. The molecule has 6 nitrogen and oxygen atoms in total. The van der Waals surface area contributed by atoms with Crippen LogP contribution in [0.15, 0.2) is 0 Å². The molecule has 0 aromatic rings. The van der Waals surface area contributed by atoms with E-state index in [-0.39, 0.29) is 6.42 Å². The fourth-order valence-corrected chi connectivity index (χ4v) is 1.55. The van der Waals surface area contributed by atoms with Crippen molar-refractivity contribution in [3.63, 3.8) is 0 Å². The van der Waals surface area contributed by atoms with Crippen LogP contribution in [0.2, 0.25) is 0 Å². The summed E-state index contributed by atoms with van der Waals surface area (Å²) >= 11 is 0. The highest BCUT2D eigenvalue weighted by Gasteiger charge is 2.19. The van der Waals surface area contributed by atoms with E-state index in [2.05, 4.69) is 0 Å². The summed E-state index contributed by atoms with van der Waals surface area (Å²) in [6, 6.07) is 0. The maximum Gasteiger partial charge on any atom is 0.328 e. The Kier molecular flexibility index (Phi) is 3.99. The third kappa shape index (κ3) is 3.70. The zero-order chi connectivity index (χ0) is 10.6. The van der Waals surface area contributed by atoms with E-state index in [1.807, 2.05) is 4.90 Å². The van der Waals surface area contributed by atoms with E-state index in [9.17, 15) is 13.2 Å². The molecule has 0 saturated carbocycles. The lowest BCUT2D eigenvalue weighted by Gasteiger charge is -2.25. The van der Waals surface area contributed by atoms with Gasteiger partial charge in [-0.25, -0.2) is 0 Å². The molecule has 0 amide bonds. The van der Waals surface area contributed by atoms with Crippen molar-refractivity contribution in [3.8, 4) is 0 Å². The van der Waals surface area contributed by atoms with Gasteiger partial charge in [0.25, 0.3) is 5.12 Å². The summed E-state index contributed by atoms with van der Waals surface area (Å²) in [6.07, 6.45) is -0.168. The largest absolute Gasteiger partial charge is 0.379 e. The topological polar surface area (TPSA) is 83.9 Å². The average Bonchev–Trinajstić information content (AvgIpc) is 2.14. The minimum Gasteiger partial charge on any atom is -0.379 e. The minimum atomic E-state index is -4.50. The van der Waals surface area contributed by atoms with Gasteiger partial charge in [0.05, 0.1) is 13.2 Å². The van der Waals surface area contributed by atoms with Crippen molar-refractivity contribution in [1.82, 2.24) is 4.90 Å². The first-order valence-electron chi connectivity index (χ1n) is 4.30. The van der Waals surface area contributed by atoms with Crippen LogP contribution < -0.4 is 0 Å². The Morgan fingerprint density at radius 3 is 2.43 bits per heavy atom. The normalized spacial score (nSPS) is 19.5. The molecule has 0 spiro atoms. The Labute approximate surface area is 82.6 Å². The van der Waals surface area contributed by atoms with Gasteiger partial charge in [0.2, 0.25) is 0 Å². The van der Waals surface area contributed by atoms with E-state index in [0.29, 0.717) is 32.8 Å². The van der Waals surface area contributed by atoms with E-state index in [1.54, 1.807) is 0 Å². The molecular weight excluding hydrogens is 210 g/mol. The number of carbonyl (C=O) groups is 1. The molecule has 0 unspecified atom stereocenters. The van der Waals surface area contributed by atoms with Crippen molar-refractivity contribution < 1.29 is 22.5 Å². The van der Waals surface area contributed by atoms with Crippen LogP contribution in [0.25, 0.3) is 0 Å². The summed E-state index contributed by atoms with van der Waals surface area (Å²) in [5.74, 6) is 0. The summed E-state index contributed by atoms with van der Waals surface area (Å²) in [7, 11) is -4.50. The molecule has 1 fully saturated rings. The van der Waals surface area contributed by atoms with Gasteiger partial charge in [-0.3, -0.25) is 14.2 Å². The molecule has 1 rings (SSSR count). The Morgan fingerprint density at radius 1 is 1.36 bits per heavy atom. The highest BCUT2D eigenvalue weighted by atomic mass is 32.2. The first-order valence-corrected chi connectivity index (χ1v) is 5.74. The van der Waals surface area contributed by atoms with E-state index in [0.717, 1.165) is 0 Å². The number of hydrogen-bond acceptors (Lipinski definition) is 5. The van der Waals surface area contributed by atoms with Gasteiger partial charge in [0.15, 0.2) is 0 Å². The van der Waals surface area contributed by atoms with Gasteiger partial charge >= 0.3 is 10.1 Å². The molecule has 82 valence electrons. The van der Waals surface area contributed by atoms with Crippen LogP contribution in [0.5, 0.6) is 0 Å². The standard InChI is InChI=1S/C7H13NO5S/c9-7(14(10,11)12)1-2-8-3-5-13-6-4-8/h1-6H2,(H,10,11,12). The van der Waals surface area contributed by atoms with Crippen molar-refractivity contribution in [2.75, 3.05) is 32.8 Å². The van der Waals surface area contributed by atoms with Gasteiger partial charge in [-0.05, 0) is 0 Å². The van der Waals surface area contributed by atoms with E-state index in [1.165, 1.54) is 0 Å². The van der Waals surface area contributed by atoms with Gasteiger partial charge in [-0.1, -0.05) is 0 Å². The molecule has 14 heavy (non-hydrogen) atoms. The van der Waals surface area contributed by atoms with Crippen molar-refractivity contribution in [2.45, 2.75) is 6.42 Å². The fourth-order valence-electron chi connectivity index (χ4n) is 1.20. The first-order chi connectivity index (χ1) is 6.50. The molecule has 0 radical (unpaired) electrons. The zero-order valence-electron chi connectivity index (χ0n) is 7.68. The quantitative estimate of drug-likeness (QED) is 0.626. The summed E-state index contributed by atoms with van der Waals surface area (Å²) < 4.78 is 34.2. The lowest BCUT2D eigenvalue weighted by atomic mass is 10.3. The molecule has 1 saturated heterocycles. The zero-order valence-corrected chi connectivity index (χ0v) is 8.49. The molecule has 1 heterocycles. The Bertz CT molecular complexity index is 293. The third-order valence-corrected chi connectivity index (χ3v) is 2.80. The molecule has 7 heteroatoms. The van der Waals surface area contributed by atoms with Crippen LogP contribution in [0.4, 0.5) is 0 Å². The molecule has 0 bridgehead atoms. The van der Waals surface area contributed by atoms with Gasteiger partial charge in [-0.2, -0.15) is 8.42 Å². The number of nitrogens with zero attached hydrogens (tertiary/aromatic N) is 1. The van der Waals surface area contributed by atoms with Gasteiger partial charge in [0.1, 0.15) is 0 Å². The van der Waals surface area contributed by atoms with Gasteiger partial charge in [-0.15, -0.1) is 0 Å². The second-order valence-corrected chi connectivity index (χ2v) is 4.46. The summed E-state index contributed by atoms with van der Waals surface area (Å²) in [6.45, 7) is 2.93. The molecule has 0 atom stereocenters. The van der Waals surface area contributed by atoms with Gasteiger partial charge < -0.3 is 4.74 Å². The van der Waals surface area contributed by atoms with E-state index in [4.69, 9.17) is 9.29 Å². The van der Waals surface area contributed by atoms with E-state index >= 15 is 0 Å². The Hall–Kier alpha value is -0.500. The smallest absolute Gasteiger partial charge is 0.328 e. The lowest BCUT2D eigenvalue weighted by Crippen LogP contribution is -2.38. The van der Waals surface area contributed by atoms with Crippen molar-refractivity contribution >= 4 is 15.2 Å². The minimum absolute atomic E-state index is 0.168. The molecule has 0 aromatic carbocycles. The number of carbonyl (C=O) groups excluding carboxylic acids is 1. The van der Waals surface area contributed by atoms with Crippen LogP contribution in [0.1, 0.15) is 6.42 Å². The molecule has 1 aliphatic rings. The molecule has 1 N–H and O–H groups in total. The summed E-state index contributed by atoms with van der Waals surface area (Å²) in [5, 5.41) is -1.12. The summed E-state index contributed by atoms with van der Waals surface area (Å²) in [4.78, 5) is 12.7. The number of ether oxygens (including phenoxy) is 1. The number of hydrogen-bond donors (Lipinski definition) is 1. The number of rotatable bonds is 3. The number of morpholine rings is 1. The lowest BCUT2D eigenvalue weighted by molar-refractivity contribution is -0.112. The van der Waals surface area contributed by atoms with Crippen molar-refractivity contribution in [3.05, 3.63) is 0 Å². The average molecular weight is 223 g/mol. The van der Waals surface area contributed by atoms with Crippen LogP contribution in [0, 0.1) is 0 Å². The highest BCUT2D eigenvalue weighted by Crippen LogP contribution is 2.00. The second-order valence-electron chi connectivity index (χ2n) is 3.05. The molecule has 0 aromatic heterocycles. The third-order valence-electron chi connectivity index (χ3n) is 2.02. The van der Waals surface area contributed by atoms with Crippen LogP contribution in [-0.2, 0) is 19.6 Å². The van der Waals surface area contributed by atoms with Crippen molar-refractivity contribution in [2.24, 2.45) is 0 Å². The van der Waals surface area contributed by atoms with Crippen LogP contribution >= 0.6 is 0 Å². The Balaban J connectivity index is 2.29. The summed E-state index contributed by atoms with van der Waals surface area (Å²) in [5.41, 5.74) is 0. The second kappa shape index (κ2) is 4.83.